The predicted molar refractivity (Wildman–Crippen MR) is 242 cm³/mol. The average Bonchev–Trinajstić information content (AvgIpc) is 3.63. The number of hydrogen-bond donors (Lipinski definition) is 0. The van der Waals surface area contributed by atoms with Crippen molar-refractivity contribution >= 4 is 55.3 Å². The van der Waals surface area contributed by atoms with Gasteiger partial charge in [-0.1, -0.05) is 144 Å². The number of allylic oxidation sites excluding steroid dienone is 4. The average molecular weight is 756 g/mol. The van der Waals surface area contributed by atoms with E-state index in [0.29, 0.717) is 23.0 Å². The van der Waals surface area contributed by atoms with Crippen molar-refractivity contribution in [3.8, 4) is 11.1 Å². The number of carbonyl (C=O) groups excluding carboxylic acids is 2. The number of anilines is 2. The van der Waals surface area contributed by atoms with Gasteiger partial charge in [0.25, 0.3) is 0 Å². The number of nitrogens with zero attached hydrogens (tertiary/aromatic N) is 1. The SMILES string of the molecule is Cc1ccc2ccccc2c1N1/C(=C\C=C2C(=O)c3cc4ccccc4cc3C2=O)C2(CCCCC2)c2c1ccc1cc(-c3c(C(C)C)cccc3C(C)C)ccc21. The molecule has 3 heteroatoms. The maximum atomic E-state index is 14.1. The second-order valence-electron chi connectivity index (χ2n) is 17.5. The van der Waals surface area contributed by atoms with Gasteiger partial charge < -0.3 is 4.90 Å². The Morgan fingerprint density at radius 2 is 1.21 bits per heavy atom. The van der Waals surface area contributed by atoms with E-state index >= 15 is 0 Å². The molecule has 0 bridgehead atoms. The quantitative estimate of drug-likeness (QED) is 0.130. The Kier molecular flexibility index (Phi) is 8.64. The van der Waals surface area contributed by atoms with E-state index < -0.39 is 0 Å². The molecule has 58 heavy (non-hydrogen) atoms. The molecule has 0 radical (unpaired) electrons. The van der Waals surface area contributed by atoms with Crippen LogP contribution in [0.1, 0.15) is 115 Å². The summed E-state index contributed by atoms with van der Waals surface area (Å²) in [7, 11) is 0. The molecule has 7 aromatic rings. The van der Waals surface area contributed by atoms with Crippen LogP contribution in [0, 0.1) is 6.92 Å². The minimum atomic E-state index is -0.305. The maximum Gasteiger partial charge on any atom is 0.197 e. The van der Waals surface area contributed by atoms with Gasteiger partial charge in [-0.25, -0.2) is 0 Å². The van der Waals surface area contributed by atoms with Crippen molar-refractivity contribution in [1.29, 1.82) is 0 Å². The van der Waals surface area contributed by atoms with Crippen molar-refractivity contribution in [2.24, 2.45) is 0 Å². The standard InChI is InChI=1S/C55H49NO2/c1-33(2)41-18-13-19-42(34(3)4)50(41)40-22-24-43-39(30-40)23-26-48-51(43)55(28-11-6-12-29-55)49(56(48)52-35(5)20-21-36-14-9-10-17-44(36)52)27-25-45-53(57)46-31-37-15-7-8-16-38(37)32-47(46)54(45)58/h7-10,13-27,30-34H,6,11-12,28-29H2,1-5H3/b49-27-. The number of ketones is 2. The van der Waals surface area contributed by atoms with Crippen LogP contribution in [0.15, 0.2) is 145 Å². The Morgan fingerprint density at radius 1 is 0.586 bits per heavy atom. The Bertz CT molecular complexity index is 2850. The van der Waals surface area contributed by atoms with Gasteiger partial charge in [0.1, 0.15) is 0 Å². The highest BCUT2D eigenvalue weighted by Crippen LogP contribution is 2.61. The van der Waals surface area contributed by atoms with E-state index in [9.17, 15) is 9.59 Å². The molecule has 0 aromatic heterocycles. The summed E-state index contributed by atoms with van der Waals surface area (Å²) in [6.45, 7) is 11.4. The van der Waals surface area contributed by atoms with Gasteiger partial charge in [0.2, 0.25) is 0 Å². The normalized spacial score (nSPS) is 16.8. The van der Waals surface area contributed by atoms with Crippen molar-refractivity contribution in [1.82, 2.24) is 0 Å². The smallest absolute Gasteiger partial charge is 0.197 e. The van der Waals surface area contributed by atoms with E-state index in [1.807, 2.05) is 42.5 Å². The summed E-state index contributed by atoms with van der Waals surface area (Å²) in [6, 6.07) is 43.5. The Hall–Kier alpha value is -6.06. The lowest BCUT2D eigenvalue weighted by Crippen LogP contribution is -2.32. The number of aryl methyl sites for hydroxylation is 1. The lowest BCUT2D eigenvalue weighted by molar-refractivity contribution is 0.0988. The number of carbonyl (C=O) groups is 2. The topological polar surface area (TPSA) is 37.4 Å². The molecule has 1 heterocycles. The van der Waals surface area contributed by atoms with Gasteiger partial charge in [0.15, 0.2) is 11.6 Å². The lowest BCUT2D eigenvalue weighted by Gasteiger charge is -2.38. The largest absolute Gasteiger partial charge is 0.312 e. The van der Waals surface area contributed by atoms with E-state index in [-0.39, 0.29) is 22.6 Å². The third-order valence-corrected chi connectivity index (χ3v) is 13.4. The van der Waals surface area contributed by atoms with Crippen LogP contribution in [0.4, 0.5) is 11.4 Å². The fourth-order valence-electron chi connectivity index (χ4n) is 10.6. The number of fused-ring (bicyclic) bond motifs is 7. The molecule has 0 unspecified atom stereocenters. The maximum absolute atomic E-state index is 14.1. The van der Waals surface area contributed by atoms with Gasteiger partial charge in [0.05, 0.1) is 16.9 Å². The van der Waals surface area contributed by atoms with Gasteiger partial charge >= 0.3 is 0 Å². The Balaban J connectivity index is 1.22. The van der Waals surface area contributed by atoms with Crippen LogP contribution >= 0.6 is 0 Å². The number of hydrogen-bond acceptors (Lipinski definition) is 3. The molecule has 10 rings (SSSR count). The van der Waals surface area contributed by atoms with Gasteiger partial charge in [-0.2, -0.15) is 0 Å². The molecule has 1 spiro atoms. The van der Waals surface area contributed by atoms with Crippen LogP contribution in [-0.4, -0.2) is 11.6 Å². The summed E-state index contributed by atoms with van der Waals surface area (Å²) < 4.78 is 0. The van der Waals surface area contributed by atoms with Crippen LogP contribution in [-0.2, 0) is 5.41 Å². The van der Waals surface area contributed by atoms with E-state index in [4.69, 9.17) is 0 Å². The van der Waals surface area contributed by atoms with Gasteiger partial charge in [-0.15, -0.1) is 0 Å². The Labute approximate surface area is 341 Å². The molecular weight excluding hydrogens is 707 g/mol. The molecule has 0 N–H and O–H groups in total. The minimum absolute atomic E-state index is 0.191. The number of rotatable bonds is 5. The first-order valence-corrected chi connectivity index (χ1v) is 21.2. The van der Waals surface area contributed by atoms with Gasteiger partial charge in [0, 0.05) is 27.6 Å². The van der Waals surface area contributed by atoms with Crippen molar-refractivity contribution < 1.29 is 9.59 Å². The van der Waals surface area contributed by atoms with Crippen molar-refractivity contribution in [3.63, 3.8) is 0 Å². The molecular formula is C55H49NO2. The predicted octanol–water partition coefficient (Wildman–Crippen LogP) is 14.6. The zero-order valence-corrected chi connectivity index (χ0v) is 34.2. The fraction of sp³-hybridized carbons (Fsp3) is 0.236. The summed E-state index contributed by atoms with van der Waals surface area (Å²) in [6.07, 6.45) is 9.42. The highest BCUT2D eigenvalue weighted by Gasteiger charge is 2.49. The zero-order valence-electron chi connectivity index (χ0n) is 34.2. The van der Waals surface area contributed by atoms with Gasteiger partial charge in [-0.05, 0) is 128 Å². The molecule has 286 valence electrons. The minimum Gasteiger partial charge on any atom is -0.312 e. The first-order valence-electron chi connectivity index (χ1n) is 21.2. The summed E-state index contributed by atoms with van der Waals surface area (Å²) in [5, 5.41) is 6.83. The molecule has 0 atom stereocenters. The van der Waals surface area contributed by atoms with Crippen LogP contribution in [0.2, 0.25) is 0 Å². The third-order valence-electron chi connectivity index (χ3n) is 13.4. The molecule has 0 saturated heterocycles. The van der Waals surface area contributed by atoms with Crippen molar-refractivity contribution in [2.45, 2.75) is 84.0 Å². The molecule has 2 aliphatic carbocycles. The third kappa shape index (κ3) is 5.47. The van der Waals surface area contributed by atoms with Crippen molar-refractivity contribution in [3.05, 3.63) is 178 Å². The van der Waals surface area contributed by atoms with Crippen LogP contribution in [0.3, 0.4) is 0 Å². The number of benzene rings is 7. The first kappa shape index (κ1) is 36.3. The summed E-state index contributed by atoms with van der Waals surface area (Å²) in [4.78, 5) is 30.8. The highest BCUT2D eigenvalue weighted by molar-refractivity contribution is 6.40. The molecule has 1 saturated carbocycles. The summed E-state index contributed by atoms with van der Waals surface area (Å²) >= 11 is 0. The number of Topliss-reactive ketones (excluding diaryl/α,β-unsaturated/α-hetero) is 2. The van der Waals surface area contributed by atoms with E-state index in [1.54, 1.807) is 0 Å². The summed E-state index contributed by atoms with van der Waals surface area (Å²) in [5.41, 5.74) is 12.4. The fourth-order valence-corrected chi connectivity index (χ4v) is 10.6. The summed E-state index contributed by atoms with van der Waals surface area (Å²) in [5.74, 6) is 0.424. The highest BCUT2D eigenvalue weighted by atomic mass is 16.2. The molecule has 7 aromatic carbocycles. The Morgan fingerprint density at radius 3 is 1.86 bits per heavy atom. The van der Waals surface area contributed by atoms with Crippen molar-refractivity contribution in [2.75, 3.05) is 4.90 Å². The van der Waals surface area contributed by atoms with E-state index in [1.165, 1.54) is 67.0 Å². The lowest BCUT2D eigenvalue weighted by atomic mass is 9.67. The van der Waals surface area contributed by atoms with E-state index in [2.05, 4.69) is 131 Å². The second-order valence-corrected chi connectivity index (χ2v) is 17.5. The van der Waals surface area contributed by atoms with Gasteiger partial charge in [-0.3, -0.25) is 9.59 Å². The molecule has 0 amide bonds. The molecule has 3 aliphatic rings. The monoisotopic (exact) mass is 755 g/mol. The van der Waals surface area contributed by atoms with E-state index in [0.717, 1.165) is 47.8 Å². The molecule has 1 fully saturated rings. The van der Waals surface area contributed by atoms with Crippen LogP contribution < -0.4 is 4.90 Å². The molecule has 1 aliphatic heterocycles. The second kappa shape index (κ2) is 13.8. The first-order chi connectivity index (χ1) is 28.2. The van der Waals surface area contributed by atoms with Crippen LogP contribution in [0.5, 0.6) is 0 Å². The van der Waals surface area contributed by atoms with Crippen LogP contribution in [0.25, 0.3) is 43.4 Å². The zero-order chi connectivity index (χ0) is 39.9. The molecule has 3 nitrogen and oxygen atoms in total.